The summed E-state index contributed by atoms with van der Waals surface area (Å²) >= 11 is 1.22. The Labute approximate surface area is 173 Å². The Balaban J connectivity index is 1.84. The third-order valence-electron chi connectivity index (χ3n) is 3.78. The predicted octanol–water partition coefficient (Wildman–Crippen LogP) is 2.17. The molecule has 2 rings (SSSR count). The molecule has 156 valence electrons. The highest BCUT2D eigenvalue weighted by Gasteiger charge is 2.17. The van der Waals surface area contributed by atoms with Crippen molar-refractivity contribution in [3.8, 4) is 0 Å². The van der Waals surface area contributed by atoms with Gasteiger partial charge in [0.15, 0.2) is 6.61 Å². The second-order valence-electron chi connectivity index (χ2n) is 6.01. The van der Waals surface area contributed by atoms with Crippen molar-refractivity contribution >= 4 is 29.5 Å². The Kier molecular flexibility index (Phi) is 9.26. The summed E-state index contributed by atoms with van der Waals surface area (Å²) in [5.41, 5.74) is 0.300. The van der Waals surface area contributed by atoms with Crippen LogP contribution in [-0.2, 0) is 19.1 Å². The quantitative estimate of drug-likeness (QED) is 0.326. The van der Waals surface area contributed by atoms with E-state index in [1.165, 1.54) is 18.0 Å². The number of furan rings is 1. The van der Waals surface area contributed by atoms with Crippen molar-refractivity contribution < 1.29 is 28.3 Å². The van der Waals surface area contributed by atoms with E-state index in [1.807, 2.05) is 0 Å². The van der Waals surface area contributed by atoms with Gasteiger partial charge in [-0.2, -0.15) is 0 Å². The standard InChI is InChI=1S/C20H24N2O6S/c1-14(16-7-5-10-27-16)22-18(23)12-28-20(25)15-6-3-4-8-17(15)29-13-19(24)21-9-11-26-2/h3-8,10,14H,9,11-13H2,1-2H3,(H,21,24)(H,22,23). The minimum Gasteiger partial charge on any atom is -0.467 e. The summed E-state index contributed by atoms with van der Waals surface area (Å²) in [6, 6.07) is 9.91. The number of hydrogen-bond donors (Lipinski definition) is 2. The van der Waals surface area contributed by atoms with Gasteiger partial charge >= 0.3 is 5.97 Å². The largest absolute Gasteiger partial charge is 0.467 e. The van der Waals surface area contributed by atoms with Crippen LogP contribution in [0.5, 0.6) is 0 Å². The zero-order chi connectivity index (χ0) is 21.1. The van der Waals surface area contributed by atoms with Crippen molar-refractivity contribution in [2.75, 3.05) is 32.6 Å². The van der Waals surface area contributed by atoms with E-state index in [1.54, 1.807) is 50.4 Å². The van der Waals surface area contributed by atoms with E-state index in [-0.39, 0.29) is 17.7 Å². The molecule has 1 atom stereocenters. The van der Waals surface area contributed by atoms with Gasteiger partial charge in [0.05, 0.1) is 30.2 Å². The first kappa shape index (κ1) is 22.5. The maximum absolute atomic E-state index is 12.4. The highest BCUT2D eigenvalue weighted by atomic mass is 32.2. The molecule has 0 saturated carbocycles. The number of thioether (sulfide) groups is 1. The van der Waals surface area contributed by atoms with E-state index >= 15 is 0 Å². The van der Waals surface area contributed by atoms with Crippen LogP contribution in [0.2, 0.25) is 0 Å². The monoisotopic (exact) mass is 420 g/mol. The summed E-state index contributed by atoms with van der Waals surface area (Å²) in [6.07, 6.45) is 1.52. The molecule has 0 saturated heterocycles. The van der Waals surface area contributed by atoms with Crippen molar-refractivity contribution in [2.45, 2.75) is 17.9 Å². The fourth-order valence-electron chi connectivity index (χ4n) is 2.35. The number of carbonyl (C=O) groups excluding carboxylic acids is 3. The van der Waals surface area contributed by atoms with Gasteiger partial charge in [0.1, 0.15) is 5.76 Å². The van der Waals surface area contributed by atoms with Crippen LogP contribution < -0.4 is 10.6 Å². The number of hydrogen-bond acceptors (Lipinski definition) is 7. The SMILES string of the molecule is COCCNC(=O)CSc1ccccc1C(=O)OCC(=O)NC(C)c1ccco1. The van der Waals surface area contributed by atoms with E-state index in [2.05, 4.69) is 10.6 Å². The van der Waals surface area contributed by atoms with Gasteiger partial charge < -0.3 is 24.5 Å². The van der Waals surface area contributed by atoms with Gasteiger partial charge in [-0.05, 0) is 31.2 Å². The summed E-state index contributed by atoms with van der Waals surface area (Å²) in [5, 5.41) is 5.40. The molecule has 9 heteroatoms. The molecule has 1 aromatic carbocycles. The first-order valence-corrected chi connectivity index (χ1v) is 9.97. The molecular weight excluding hydrogens is 396 g/mol. The zero-order valence-electron chi connectivity index (χ0n) is 16.3. The van der Waals surface area contributed by atoms with Gasteiger partial charge in [-0.25, -0.2) is 4.79 Å². The average molecular weight is 420 g/mol. The second-order valence-corrected chi connectivity index (χ2v) is 7.03. The fourth-order valence-corrected chi connectivity index (χ4v) is 3.22. The summed E-state index contributed by atoms with van der Waals surface area (Å²) in [5.74, 6) is -0.481. The molecule has 0 aliphatic carbocycles. The number of benzene rings is 1. The Morgan fingerprint density at radius 1 is 1.14 bits per heavy atom. The topological polar surface area (TPSA) is 107 Å². The van der Waals surface area contributed by atoms with Gasteiger partial charge in [0, 0.05) is 18.6 Å². The number of carbonyl (C=O) groups is 3. The molecule has 2 amide bonds. The van der Waals surface area contributed by atoms with Crippen LogP contribution in [0.1, 0.15) is 29.1 Å². The van der Waals surface area contributed by atoms with E-state index in [9.17, 15) is 14.4 Å². The molecule has 2 N–H and O–H groups in total. The summed E-state index contributed by atoms with van der Waals surface area (Å²) in [4.78, 5) is 36.8. The minimum atomic E-state index is -0.631. The van der Waals surface area contributed by atoms with E-state index < -0.39 is 18.5 Å². The van der Waals surface area contributed by atoms with Crippen LogP contribution in [-0.4, -0.2) is 50.4 Å². The van der Waals surface area contributed by atoms with Crippen LogP contribution in [0.15, 0.2) is 52.0 Å². The summed E-state index contributed by atoms with van der Waals surface area (Å²) in [6.45, 7) is 2.20. The van der Waals surface area contributed by atoms with Crippen molar-refractivity contribution in [2.24, 2.45) is 0 Å². The number of methoxy groups -OCH3 is 1. The lowest BCUT2D eigenvalue weighted by atomic mass is 10.2. The first-order valence-electron chi connectivity index (χ1n) is 8.98. The maximum atomic E-state index is 12.4. The number of esters is 1. The molecule has 0 spiro atoms. The second kappa shape index (κ2) is 11.9. The number of ether oxygens (including phenoxy) is 2. The molecular formula is C20H24N2O6S. The van der Waals surface area contributed by atoms with Crippen molar-refractivity contribution in [1.29, 1.82) is 0 Å². The molecule has 8 nitrogen and oxygen atoms in total. The molecule has 0 aliphatic heterocycles. The normalized spacial score (nSPS) is 11.5. The number of nitrogens with one attached hydrogen (secondary N) is 2. The Bertz CT molecular complexity index is 809. The lowest BCUT2D eigenvalue weighted by Crippen LogP contribution is -2.31. The predicted molar refractivity (Wildman–Crippen MR) is 108 cm³/mol. The first-order chi connectivity index (χ1) is 14.0. The van der Waals surface area contributed by atoms with Gasteiger partial charge in [0.2, 0.25) is 5.91 Å². The molecule has 0 fully saturated rings. The van der Waals surface area contributed by atoms with Crippen LogP contribution in [0, 0.1) is 0 Å². The van der Waals surface area contributed by atoms with Gasteiger partial charge in [0.25, 0.3) is 5.91 Å². The highest BCUT2D eigenvalue weighted by Crippen LogP contribution is 2.23. The average Bonchev–Trinajstić information content (AvgIpc) is 3.26. The van der Waals surface area contributed by atoms with Gasteiger partial charge in [-0.15, -0.1) is 11.8 Å². The lowest BCUT2D eigenvalue weighted by molar-refractivity contribution is -0.125. The molecule has 0 aliphatic rings. The van der Waals surface area contributed by atoms with E-state index in [4.69, 9.17) is 13.9 Å². The van der Waals surface area contributed by atoms with Gasteiger partial charge in [-0.1, -0.05) is 12.1 Å². The van der Waals surface area contributed by atoms with Gasteiger partial charge in [-0.3, -0.25) is 9.59 Å². The van der Waals surface area contributed by atoms with Crippen molar-refractivity contribution in [3.05, 3.63) is 54.0 Å². The number of amides is 2. The molecule has 0 radical (unpaired) electrons. The third kappa shape index (κ3) is 7.63. The smallest absolute Gasteiger partial charge is 0.339 e. The maximum Gasteiger partial charge on any atom is 0.339 e. The Morgan fingerprint density at radius 3 is 2.66 bits per heavy atom. The minimum absolute atomic E-state index is 0.148. The molecule has 29 heavy (non-hydrogen) atoms. The fraction of sp³-hybridized carbons (Fsp3) is 0.350. The molecule has 2 aromatic rings. The summed E-state index contributed by atoms with van der Waals surface area (Å²) in [7, 11) is 1.56. The Morgan fingerprint density at radius 2 is 1.93 bits per heavy atom. The van der Waals surface area contributed by atoms with E-state index in [0.717, 1.165) is 0 Å². The van der Waals surface area contributed by atoms with Crippen LogP contribution in [0.3, 0.4) is 0 Å². The molecule has 1 heterocycles. The Hall–Kier alpha value is -2.78. The number of rotatable bonds is 11. The molecule has 1 aromatic heterocycles. The van der Waals surface area contributed by atoms with Crippen LogP contribution in [0.25, 0.3) is 0 Å². The van der Waals surface area contributed by atoms with Crippen molar-refractivity contribution in [3.63, 3.8) is 0 Å². The van der Waals surface area contributed by atoms with Crippen molar-refractivity contribution in [1.82, 2.24) is 10.6 Å². The molecule has 0 bridgehead atoms. The molecule has 1 unspecified atom stereocenters. The van der Waals surface area contributed by atoms with E-state index in [0.29, 0.717) is 29.4 Å². The zero-order valence-corrected chi connectivity index (χ0v) is 17.1. The van der Waals surface area contributed by atoms with Crippen LogP contribution in [0.4, 0.5) is 0 Å². The summed E-state index contributed by atoms with van der Waals surface area (Å²) < 4.78 is 15.2. The third-order valence-corrected chi connectivity index (χ3v) is 4.85. The lowest BCUT2D eigenvalue weighted by Gasteiger charge is -2.12. The highest BCUT2D eigenvalue weighted by molar-refractivity contribution is 8.00. The van der Waals surface area contributed by atoms with Crippen LogP contribution >= 0.6 is 11.8 Å².